The van der Waals surface area contributed by atoms with Crippen molar-refractivity contribution in [3.05, 3.63) is 38.3 Å². The molecular weight excluding hydrogens is 300 g/mol. The number of piperidine rings is 1. The number of hydrogen-bond acceptors (Lipinski definition) is 4. The van der Waals surface area contributed by atoms with Crippen LogP contribution in [0.4, 0.5) is 5.69 Å². The van der Waals surface area contributed by atoms with Crippen LogP contribution in [0.15, 0.2) is 22.7 Å². The number of benzene rings is 1. The Hall–Kier alpha value is -0.980. The highest BCUT2D eigenvalue weighted by molar-refractivity contribution is 9.10. The van der Waals surface area contributed by atoms with Crippen LogP contribution in [0.3, 0.4) is 0 Å². The van der Waals surface area contributed by atoms with Crippen LogP contribution in [0.25, 0.3) is 0 Å². The highest BCUT2D eigenvalue weighted by atomic mass is 79.9. The molecule has 0 radical (unpaired) electrons. The number of aliphatic hydroxyl groups excluding tert-OH is 1. The fraction of sp³-hybridized carbons (Fsp3) is 0.500. The molecule has 0 saturated carbocycles. The molecule has 1 N–H and O–H groups in total. The van der Waals surface area contributed by atoms with Crippen molar-refractivity contribution in [2.75, 3.05) is 13.1 Å². The van der Waals surface area contributed by atoms with E-state index in [0.29, 0.717) is 17.6 Å². The third-order valence-electron chi connectivity index (χ3n) is 3.09. The first-order valence-corrected chi connectivity index (χ1v) is 6.69. The van der Waals surface area contributed by atoms with E-state index in [1.54, 1.807) is 12.1 Å². The topological polar surface area (TPSA) is 66.6 Å². The number of nitrogens with zero attached hydrogens (tertiary/aromatic N) is 2. The average molecular weight is 315 g/mol. The number of likely N-dealkylation sites (tertiary alicyclic amines) is 1. The lowest BCUT2D eigenvalue weighted by Gasteiger charge is -2.29. The summed E-state index contributed by atoms with van der Waals surface area (Å²) in [4.78, 5) is 12.6. The van der Waals surface area contributed by atoms with Gasteiger partial charge < -0.3 is 5.11 Å². The van der Waals surface area contributed by atoms with E-state index < -0.39 is 4.92 Å². The van der Waals surface area contributed by atoms with Crippen LogP contribution < -0.4 is 0 Å². The van der Waals surface area contributed by atoms with E-state index in [0.717, 1.165) is 24.9 Å². The minimum absolute atomic E-state index is 0.0880. The molecule has 18 heavy (non-hydrogen) atoms. The Morgan fingerprint density at radius 3 is 3.00 bits per heavy atom. The van der Waals surface area contributed by atoms with Crippen LogP contribution in [0.2, 0.25) is 0 Å². The molecule has 6 heteroatoms. The lowest BCUT2D eigenvalue weighted by Crippen LogP contribution is -2.37. The molecule has 0 aliphatic carbocycles. The zero-order chi connectivity index (χ0) is 13.1. The van der Waals surface area contributed by atoms with Gasteiger partial charge in [-0.15, -0.1) is 0 Å². The zero-order valence-electron chi connectivity index (χ0n) is 9.88. The largest absolute Gasteiger partial charge is 0.392 e. The van der Waals surface area contributed by atoms with Gasteiger partial charge in [0.2, 0.25) is 0 Å². The van der Waals surface area contributed by atoms with E-state index in [2.05, 4.69) is 20.8 Å². The van der Waals surface area contributed by atoms with Crippen molar-refractivity contribution in [1.82, 2.24) is 4.90 Å². The van der Waals surface area contributed by atoms with E-state index in [1.807, 2.05) is 6.07 Å². The third kappa shape index (κ3) is 3.28. The molecule has 1 saturated heterocycles. The highest BCUT2D eigenvalue weighted by Crippen LogP contribution is 2.26. The van der Waals surface area contributed by atoms with Gasteiger partial charge in [-0.25, -0.2) is 0 Å². The summed E-state index contributed by atoms with van der Waals surface area (Å²) in [6.45, 7) is 2.22. The smallest absolute Gasteiger partial charge is 0.283 e. The summed E-state index contributed by atoms with van der Waals surface area (Å²) in [7, 11) is 0. The molecule has 0 bridgehead atoms. The van der Waals surface area contributed by atoms with Crippen molar-refractivity contribution in [3.8, 4) is 0 Å². The second-order valence-corrected chi connectivity index (χ2v) is 5.43. The first-order valence-electron chi connectivity index (χ1n) is 5.89. The second-order valence-electron chi connectivity index (χ2n) is 4.57. The summed E-state index contributed by atoms with van der Waals surface area (Å²) < 4.78 is 0.495. The number of aliphatic hydroxyl groups is 1. The Kier molecular flexibility index (Phi) is 4.31. The molecule has 98 valence electrons. The molecule has 1 aliphatic heterocycles. The summed E-state index contributed by atoms with van der Waals surface area (Å²) in [5.41, 5.74) is 0.990. The molecular formula is C12H15BrN2O3. The number of rotatable bonds is 3. The maximum Gasteiger partial charge on any atom is 0.283 e. The van der Waals surface area contributed by atoms with Crippen LogP contribution >= 0.6 is 15.9 Å². The average Bonchev–Trinajstić information content (AvgIpc) is 2.31. The lowest BCUT2D eigenvalue weighted by molar-refractivity contribution is -0.385. The molecule has 1 atom stereocenters. The third-order valence-corrected chi connectivity index (χ3v) is 3.76. The Labute approximate surface area is 114 Å². The second kappa shape index (κ2) is 5.77. The molecule has 0 spiro atoms. The maximum atomic E-state index is 10.8. The monoisotopic (exact) mass is 314 g/mol. The van der Waals surface area contributed by atoms with Crippen LogP contribution in [0, 0.1) is 10.1 Å². The van der Waals surface area contributed by atoms with Gasteiger partial charge in [-0.1, -0.05) is 6.07 Å². The van der Waals surface area contributed by atoms with Crippen molar-refractivity contribution in [1.29, 1.82) is 0 Å². The molecule has 5 nitrogen and oxygen atoms in total. The summed E-state index contributed by atoms with van der Waals surface area (Å²) in [6.07, 6.45) is 1.54. The molecule has 1 aromatic rings. The van der Waals surface area contributed by atoms with Gasteiger partial charge >= 0.3 is 0 Å². The molecule has 2 rings (SSSR count). The normalized spacial score (nSPS) is 20.9. The maximum absolute atomic E-state index is 10.8. The molecule has 0 amide bonds. The van der Waals surface area contributed by atoms with Crippen LogP contribution in [-0.4, -0.2) is 34.1 Å². The summed E-state index contributed by atoms with van der Waals surface area (Å²) >= 11 is 3.17. The van der Waals surface area contributed by atoms with Gasteiger partial charge in [0.1, 0.15) is 0 Å². The van der Waals surface area contributed by atoms with E-state index in [4.69, 9.17) is 0 Å². The van der Waals surface area contributed by atoms with Crippen molar-refractivity contribution in [2.24, 2.45) is 0 Å². The molecule has 1 heterocycles. The Morgan fingerprint density at radius 1 is 1.56 bits per heavy atom. The van der Waals surface area contributed by atoms with Gasteiger partial charge in [-0.2, -0.15) is 0 Å². The fourth-order valence-electron chi connectivity index (χ4n) is 2.23. The Morgan fingerprint density at radius 2 is 2.33 bits per heavy atom. The van der Waals surface area contributed by atoms with Gasteiger partial charge in [0, 0.05) is 19.2 Å². The van der Waals surface area contributed by atoms with Crippen molar-refractivity contribution >= 4 is 21.6 Å². The molecule has 1 fully saturated rings. The first kappa shape index (κ1) is 13.5. The van der Waals surface area contributed by atoms with Gasteiger partial charge in [-0.3, -0.25) is 15.0 Å². The van der Waals surface area contributed by atoms with Crippen LogP contribution in [0.5, 0.6) is 0 Å². The summed E-state index contributed by atoms with van der Waals surface area (Å²) in [5, 5.41) is 20.4. The number of halogens is 1. The quantitative estimate of drug-likeness (QED) is 0.686. The fourth-order valence-corrected chi connectivity index (χ4v) is 2.62. The molecule has 1 aromatic carbocycles. The predicted molar refractivity (Wildman–Crippen MR) is 71.3 cm³/mol. The Bertz CT molecular complexity index is 453. The van der Waals surface area contributed by atoms with Gasteiger partial charge in [0.15, 0.2) is 0 Å². The zero-order valence-corrected chi connectivity index (χ0v) is 11.5. The van der Waals surface area contributed by atoms with Gasteiger partial charge in [-0.05, 0) is 46.9 Å². The molecule has 0 aromatic heterocycles. The Balaban J connectivity index is 2.09. The SMILES string of the molecule is O=[N+]([O-])c1cc(CN2CCCC(O)C2)ccc1Br. The van der Waals surface area contributed by atoms with Crippen molar-refractivity contribution in [2.45, 2.75) is 25.5 Å². The minimum Gasteiger partial charge on any atom is -0.392 e. The van der Waals surface area contributed by atoms with Crippen LogP contribution in [-0.2, 0) is 6.54 Å². The number of nitro benzene ring substituents is 1. The minimum atomic E-state index is -0.390. The lowest BCUT2D eigenvalue weighted by atomic mass is 10.1. The number of β-amino-alcohol motifs (C(OH)–C–C–N with tert-alkyl or cyclic N) is 1. The standard InChI is InChI=1S/C12H15BrN2O3/c13-11-4-3-9(6-12(11)15(17)18)7-14-5-1-2-10(16)8-14/h3-4,6,10,16H,1-2,5,7-8H2. The van der Waals surface area contributed by atoms with E-state index >= 15 is 0 Å². The van der Waals surface area contributed by atoms with Crippen LogP contribution in [0.1, 0.15) is 18.4 Å². The summed E-state index contributed by atoms with van der Waals surface area (Å²) in [6, 6.07) is 5.16. The summed E-state index contributed by atoms with van der Waals surface area (Å²) in [5.74, 6) is 0. The molecule has 1 unspecified atom stereocenters. The van der Waals surface area contributed by atoms with E-state index in [1.165, 1.54) is 0 Å². The van der Waals surface area contributed by atoms with E-state index in [9.17, 15) is 15.2 Å². The van der Waals surface area contributed by atoms with Gasteiger partial charge in [0.25, 0.3) is 5.69 Å². The predicted octanol–water partition coefficient (Wildman–Crippen LogP) is 2.31. The first-order chi connectivity index (χ1) is 8.56. The van der Waals surface area contributed by atoms with Crippen molar-refractivity contribution < 1.29 is 10.0 Å². The van der Waals surface area contributed by atoms with Crippen molar-refractivity contribution in [3.63, 3.8) is 0 Å². The molecule has 1 aliphatic rings. The van der Waals surface area contributed by atoms with Gasteiger partial charge in [0.05, 0.1) is 15.5 Å². The van der Waals surface area contributed by atoms with E-state index in [-0.39, 0.29) is 11.8 Å². The number of nitro groups is 1. The highest BCUT2D eigenvalue weighted by Gasteiger charge is 2.19. The number of hydrogen-bond donors (Lipinski definition) is 1.